The van der Waals surface area contributed by atoms with Gasteiger partial charge in [0.15, 0.2) is 5.75 Å². The Morgan fingerprint density at radius 2 is 2.17 bits per heavy atom. The minimum atomic E-state index is -0.584. The molecule has 2 heterocycles. The van der Waals surface area contributed by atoms with Gasteiger partial charge in [-0.1, -0.05) is 17.7 Å². The van der Waals surface area contributed by atoms with Gasteiger partial charge in [-0.15, -0.1) is 0 Å². The third-order valence-electron chi connectivity index (χ3n) is 5.76. The van der Waals surface area contributed by atoms with E-state index in [-0.39, 0.29) is 17.5 Å². The summed E-state index contributed by atoms with van der Waals surface area (Å²) >= 11 is 6.57. The molecule has 0 spiro atoms. The fourth-order valence-electron chi connectivity index (χ4n) is 4.08. The van der Waals surface area contributed by atoms with Crippen LogP contribution in [0.5, 0.6) is 5.75 Å². The summed E-state index contributed by atoms with van der Waals surface area (Å²) in [7, 11) is 1.46. The highest BCUT2D eigenvalue weighted by molar-refractivity contribution is 6.33. The number of amides is 2. The first-order valence-electron chi connectivity index (χ1n) is 9.67. The van der Waals surface area contributed by atoms with Gasteiger partial charge in [-0.25, -0.2) is 4.39 Å². The maximum Gasteiger partial charge on any atom is 0.258 e. The van der Waals surface area contributed by atoms with Crippen molar-refractivity contribution in [3.63, 3.8) is 0 Å². The van der Waals surface area contributed by atoms with Gasteiger partial charge in [-0.2, -0.15) is 0 Å². The second-order valence-corrected chi connectivity index (χ2v) is 7.91. The number of hydrogen-bond acceptors (Lipinski definition) is 3. The van der Waals surface area contributed by atoms with Crippen molar-refractivity contribution in [3.8, 4) is 5.75 Å². The number of nitrogens with one attached hydrogen (secondary N) is 1. The van der Waals surface area contributed by atoms with Crippen LogP contribution in [0.4, 0.5) is 4.39 Å². The predicted octanol–water partition coefficient (Wildman–Crippen LogP) is 3.73. The van der Waals surface area contributed by atoms with E-state index in [0.29, 0.717) is 34.9 Å². The zero-order valence-corrected chi connectivity index (χ0v) is 17.1. The number of rotatable bonds is 3. The molecule has 1 atom stereocenters. The first-order valence-corrected chi connectivity index (χ1v) is 10.0. The first kappa shape index (κ1) is 19.7. The summed E-state index contributed by atoms with van der Waals surface area (Å²) in [6.45, 7) is 3.04. The molecule has 0 unspecified atom stereocenters. The molecule has 1 fully saturated rings. The average Bonchev–Trinajstić information content (AvgIpc) is 3.13. The number of ether oxygens (including phenoxy) is 1. The first-order chi connectivity index (χ1) is 13.9. The van der Waals surface area contributed by atoms with Gasteiger partial charge in [0.2, 0.25) is 0 Å². The summed E-state index contributed by atoms with van der Waals surface area (Å²) in [5.41, 5.74) is 2.78. The molecule has 7 heteroatoms. The van der Waals surface area contributed by atoms with Crippen LogP contribution in [0.2, 0.25) is 5.02 Å². The van der Waals surface area contributed by atoms with E-state index in [0.717, 1.165) is 30.5 Å². The Hall–Kier alpha value is -2.60. The van der Waals surface area contributed by atoms with Crippen LogP contribution < -0.4 is 10.1 Å². The predicted molar refractivity (Wildman–Crippen MR) is 108 cm³/mol. The topological polar surface area (TPSA) is 58.6 Å². The van der Waals surface area contributed by atoms with Crippen molar-refractivity contribution < 1.29 is 18.7 Å². The van der Waals surface area contributed by atoms with Crippen molar-refractivity contribution in [2.75, 3.05) is 20.2 Å². The molecule has 2 aliphatic rings. The Bertz CT molecular complexity index is 1010. The van der Waals surface area contributed by atoms with Crippen molar-refractivity contribution >= 4 is 23.4 Å². The van der Waals surface area contributed by atoms with Crippen LogP contribution in [0.3, 0.4) is 0 Å². The van der Waals surface area contributed by atoms with Crippen LogP contribution in [0, 0.1) is 12.7 Å². The standard InChI is InChI=1S/C22H22ClFN2O3/c1-12-14(8-13-5-6-16(18(24)9-13)21(27)25-2)10-17-20(19(12)23)29-11-15-4-3-7-26(15)22(17)28/h5-6,9-10,15H,3-4,7-8,11H2,1-2H3,(H,25,27)/t15-/m1/s1. The minimum absolute atomic E-state index is 0.00316. The number of halogens is 2. The largest absolute Gasteiger partial charge is 0.489 e. The van der Waals surface area contributed by atoms with Gasteiger partial charge in [-0.05, 0) is 61.1 Å². The quantitative estimate of drug-likeness (QED) is 0.829. The molecule has 4 rings (SSSR count). The molecule has 2 amide bonds. The van der Waals surface area contributed by atoms with Gasteiger partial charge in [0.25, 0.3) is 11.8 Å². The monoisotopic (exact) mass is 416 g/mol. The lowest BCUT2D eigenvalue weighted by Gasteiger charge is -2.20. The Kier molecular flexibility index (Phi) is 5.21. The van der Waals surface area contributed by atoms with Crippen LogP contribution in [0.15, 0.2) is 24.3 Å². The molecule has 5 nitrogen and oxygen atoms in total. The van der Waals surface area contributed by atoms with Crippen LogP contribution in [0.1, 0.15) is 50.2 Å². The van der Waals surface area contributed by atoms with Gasteiger partial charge >= 0.3 is 0 Å². The molecule has 0 aliphatic carbocycles. The fraction of sp³-hybridized carbons (Fsp3) is 0.364. The molecule has 2 aromatic carbocycles. The third-order valence-corrected chi connectivity index (χ3v) is 6.22. The molecule has 1 saturated heterocycles. The maximum atomic E-state index is 14.3. The van der Waals surface area contributed by atoms with Gasteiger partial charge in [0.05, 0.1) is 22.2 Å². The smallest absolute Gasteiger partial charge is 0.258 e. The van der Waals surface area contributed by atoms with Crippen LogP contribution in [0.25, 0.3) is 0 Å². The van der Waals surface area contributed by atoms with Gasteiger partial charge in [-0.3, -0.25) is 9.59 Å². The molecule has 2 aliphatic heterocycles. The van der Waals surface area contributed by atoms with E-state index in [4.69, 9.17) is 16.3 Å². The summed E-state index contributed by atoms with van der Waals surface area (Å²) in [6.07, 6.45) is 2.29. The third kappa shape index (κ3) is 3.46. The summed E-state index contributed by atoms with van der Waals surface area (Å²) in [5, 5.41) is 2.84. The van der Waals surface area contributed by atoms with E-state index < -0.39 is 11.7 Å². The second-order valence-electron chi connectivity index (χ2n) is 7.53. The van der Waals surface area contributed by atoms with E-state index in [9.17, 15) is 14.0 Å². The number of carbonyl (C=O) groups is 2. The fourth-order valence-corrected chi connectivity index (χ4v) is 4.36. The Morgan fingerprint density at radius 1 is 1.38 bits per heavy atom. The number of nitrogens with zero attached hydrogens (tertiary/aromatic N) is 1. The van der Waals surface area contributed by atoms with Crippen LogP contribution in [-0.2, 0) is 6.42 Å². The molecule has 29 heavy (non-hydrogen) atoms. The second kappa shape index (κ2) is 7.67. The van der Waals surface area contributed by atoms with Crippen molar-refractivity contribution in [3.05, 3.63) is 62.9 Å². The highest BCUT2D eigenvalue weighted by Gasteiger charge is 2.35. The normalized spacial score (nSPS) is 18.0. The number of hydrogen-bond donors (Lipinski definition) is 1. The van der Waals surface area contributed by atoms with E-state index in [1.54, 1.807) is 6.07 Å². The van der Waals surface area contributed by atoms with Gasteiger partial charge < -0.3 is 15.0 Å². The van der Waals surface area contributed by atoms with E-state index in [1.807, 2.05) is 17.9 Å². The maximum absolute atomic E-state index is 14.3. The number of carbonyl (C=O) groups excluding carboxylic acids is 2. The summed E-state index contributed by atoms with van der Waals surface area (Å²) in [6, 6.07) is 6.41. The minimum Gasteiger partial charge on any atom is -0.489 e. The molecular formula is C22H22ClFN2O3. The molecule has 0 saturated carbocycles. The van der Waals surface area contributed by atoms with Gasteiger partial charge in [0, 0.05) is 13.6 Å². The lowest BCUT2D eigenvalue weighted by molar-refractivity contribution is 0.0726. The summed E-state index contributed by atoms with van der Waals surface area (Å²) < 4.78 is 20.3. The molecular weight excluding hydrogens is 395 g/mol. The van der Waals surface area contributed by atoms with E-state index in [1.165, 1.54) is 19.2 Å². The van der Waals surface area contributed by atoms with Crippen LogP contribution >= 0.6 is 11.6 Å². The van der Waals surface area contributed by atoms with Crippen molar-refractivity contribution in [1.29, 1.82) is 0 Å². The highest BCUT2D eigenvalue weighted by atomic mass is 35.5. The molecule has 152 valence electrons. The Labute approximate surface area is 173 Å². The molecule has 0 bridgehead atoms. The zero-order valence-electron chi connectivity index (χ0n) is 16.4. The zero-order chi connectivity index (χ0) is 20.7. The molecule has 0 aromatic heterocycles. The average molecular weight is 417 g/mol. The van der Waals surface area contributed by atoms with Crippen molar-refractivity contribution in [1.82, 2.24) is 10.2 Å². The lowest BCUT2D eigenvalue weighted by atomic mass is 9.96. The molecule has 0 radical (unpaired) electrons. The number of benzene rings is 2. The van der Waals surface area contributed by atoms with Gasteiger partial charge in [0.1, 0.15) is 12.4 Å². The van der Waals surface area contributed by atoms with Crippen molar-refractivity contribution in [2.45, 2.75) is 32.2 Å². The SMILES string of the molecule is CNC(=O)c1ccc(Cc2cc3c(c(Cl)c2C)OC[C@H]2CCCN2C3=O)cc1F. The molecule has 2 aromatic rings. The van der Waals surface area contributed by atoms with E-state index in [2.05, 4.69) is 5.32 Å². The Balaban J connectivity index is 1.70. The van der Waals surface area contributed by atoms with Crippen LogP contribution in [-0.4, -0.2) is 43.0 Å². The van der Waals surface area contributed by atoms with E-state index >= 15 is 0 Å². The summed E-state index contributed by atoms with van der Waals surface area (Å²) in [4.78, 5) is 26.6. The summed E-state index contributed by atoms with van der Waals surface area (Å²) in [5.74, 6) is -0.682. The lowest BCUT2D eigenvalue weighted by Crippen LogP contribution is -2.36. The number of fused-ring (bicyclic) bond motifs is 2. The Morgan fingerprint density at radius 3 is 2.90 bits per heavy atom. The molecule has 1 N–H and O–H groups in total. The highest BCUT2D eigenvalue weighted by Crippen LogP contribution is 2.39. The van der Waals surface area contributed by atoms with Crippen molar-refractivity contribution in [2.24, 2.45) is 0 Å².